The van der Waals surface area contributed by atoms with Crippen LogP contribution in [0.4, 0.5) is 0 Å². The van der Waals surface area contributed by atoms with Crippen LogP contribution in [0.5, 0.6) is 11.5 Å². The predicted octanol–water partition coefficient (Wildman–Crippen LogP) is 6.04. The number of para-hydroxylation sites is 3. The van der Waals surface area contributed by atoms with E-state index in [9.17, 15) is 4.79 Å². The summed E-state index contributed by atoms with van der Waals surface area (Å²) in [4.78, 5) is 12.7. The number of aromatic nitrogens is 3. The molecule has 4 rings (SSSR count). The van der Waals surface area contributed by atoms with Crippen molar-refractivity contribution in [1.82, 2.24) is 14.8 Å². The van der Waals surface area contributed by atoms with Gasteiger partial charge >= 0.3 is 0 Å². The van der Waals surface area contributed by atoms with Crippen molar-refractivity contribution in [3.05, 3.63) is 95.3 Å². The molecule has 0 amide bonds. The lowest BCUT2D eigenvalue weighted by Gasteiger charge is -2.18. The summed E-state index contributed by atoms with van der Waals surface area (Å²) in [5.41, 5.74) is 1.49. The summed E-state index contributed by atoms with van der Waals surface area (Å²) >= 11 is 7.26. The number of Topliss-reactive ketones (excluding diaryl/α,β-unsaturated/α-hetero) is 1. The lowest BCUT2D eigenvalue weighted by molar-refractivity contribution is 0.102. The molecule has 0 spiro atoms. The average Bonchev–Trinajstić information content (AvgIpc) is 3.28. The lowest BCUT2D eigenvalue weighted by atomic mass is 10.1. The first-order valence-corrected chi connectivity index (χ1v) is 11.6. The number of methoxy groups -OCH3 is 1. The summed E-state index contributed by atoms with van der Waals surface area (Å²) < 4.78 is 13.5. The van der Waals surface area contributed by atoms with Gasteiger partial charge in [-0.25, -0.2) is 0 Å². The normalized spacial score (nSPS) is 11.7. The largest absolute Gasteiger partial charge is 0.493 e. The van der Waals surface area contributed by atoms with Gasteiger partial charge in [0.25, 0.3) is 0 Å². The minimum atomic E-state index is -0.421. The van der Waals surface area contributed by atoms with Crippen LogP contribution < -0.4 is 9.47 Å². The van der Waals surface area contributed by atoms with Crippen molar-refractivity contribution in [3.63, 3.8) is 0 Å². The maximum Gasteiger partial charge on any atom is 0.196 e. The van der Waals surface area contributed by atoms with Gasteiger partial charge in [0.1, 0.15) is 0 Å². The molecule has 168 valence electrons. The second kappa shape index (κ2) is 10.6. The van der Waals surface area contributed by atoms with E-state index in [2.05, 4.69) is 10.2 Å². The van der Waals surface area contributed by atoms with Gasteiger partial charge in [-0.15, -0.1) is 10.2 Å². The molecule has 1 atom stereocenters. The van der Waals surface area contributed by atoms with Crippen LogP contribution >= 0.6 is 23.4 Å². The molecule has 33 heavy (non-hydrogen) atoms. The quantitative estimate of drug-likeness (QED) is 0.215. The maximum absolute atomic E-state index is 12.7. The zero-order valence-electron chi connectivity index (χ0n) is 18.1. The number of ether oxygens (including phenoxy) is 2. The van der Waals surface area contributed by atoms with Crippen LogP contribution in [-0.4, -0.2) is 33.4 Å². The second-order valence-electron chi connectivity index (χ2n) is 7.14. The highest BCUT2D eigenvalue weighted by Crippen LogP contribution is 2.32. The second-order valence-corrected chi connectivity index (χ2v) is 8.52. The third-order valence-corrected chi connectivity index (χ3v) is 6.09. The molecule has 1 heterocycles. The Morgan fingerprint density at radius 3 is 2.33 bits per heavy atom. The minimum Gasteiger partial charge on any atom is -0.493 e. The van der Waals surface area contributed by atoms with Gasteiger partial charge in [-0.3, -0.25) is 9.36 Å². The summed E-state index contributed by atoms with van der Waals surface area (Å²) in [6.45, 7) is 1.91. The number of nitrogens with zero attached hydrogens (tertiary/aromatic N) is 3. The lowest BCUT2D eigenvalue weighted by Crippen LogP contribution is -2.12. The zero-order chi connectivity index (χ0) is 23.2. The number of ketones is 1. The van der Waals surface area contributed by atoms with Gasteiger partial charge in [0.2, 0.25) is 0 Å². The summed E-state index contributed by atoms with van der Waals surface area (Å²) in [5.74, 6) is 2.07. The van der Waals surface area contributed by atoms with E-state index in [0.29, 0.717) is 33.1 Å². The Kier molecular flexibility index (Phi) is 7.32. The van der Waals surface area contributed by atoms with Crippen molar-refractivity contribution in [3.8, 4) is 17.2 Å². The fourth-order valence-electron chi connectivity index (χ4n) is 3.27. The molecule has 0 saturated heterocycles. The Morgan fingerprint density at radius 1 is 0.970 bits per heavy atom. The van der Waals surface area contributed by atoms with Gasteiger partial charge in [-0.2, -0.15) is 0 Å². The number of hydrogen-bond donors (Lipinski definition) is 0. The van der Waals surface area contributed by atoms with E-state index in [1.807, 2.05) is 66.1 Å². The molecular formula is C25H22ClN3O3S. The maximum atomic E-state index is 12.7. The molecule has 0 radical (unpaired) electrons. The Labute approximate surface area is 201 Å². The molecule has 0 bridgehead atoms. The highest BCUT2D eigenvalue weighted by molar-refractivity contribution is 7.99. The fraction of sp³-hybridized carbons (Fsp3) is 0.160. The molecule has 0 aliphatic rings. The first-order valence-electron chi connectivity index (χ1n) is 10.3. The average molecular weight is 480 g/mol. The SMILES string of the molecule is COc1ccccc1OC(C)c1nnc(SCC(=O)c2ccc(Cl)cc2)n1-c1ccccc1. The monoisotopic (exact) mass is 479 g/mol. The van der Waals surface area contributed by atoms with Crippen molar-refractivity contribution in [2.75, 3.05) is 12.9 Å². The Morgan fingerprint density at radius 2 is 1.64 bits per heavy atom. The number of rotatable bonds is 9. The third kappa shape index (κ3) is 5.38. The van der Waals surface area contributed by atoms with E-state index in [4.69, 9.17) is 21.1 Å². The molecule has 3 aromatic carbocycles. The van der Waals surface area contributed by atoms with Crippen LogP contribution in [-0.2, 0) is 0 Å². The molecule has 6 nitrogen and oxygen atoms in total. The molecule has 1 unspecified atom stereocenters. The number of thioether (sulfide) groups is 1. The van der Waals surface area contributed by atoms with Crippen molar-refractivity contribution in [2.24, 2.45) is 0 Å². The van der Waals surface area contributed by atoms with Crippen LogP contribution in [0.2, 0.25) is 5.02 Å². The Hall–Kier alpha value is -3.29. The number of carbonyl (C=O) groups excluding carboxylic acids is 1. The number of carbonyl (C=O) groups is 1. The summed E-state index contributed by atoms with van der Waals surface area (Å²) in [6, 6.07) is 24.1. The van der Waals surface area contributed by atoms with Gasteiger partial charge < -0.3 is 9.47 Å². The van der Waals surface area contributed by atoms with Gasteiger partial charge in [-0.1, -0.05) is 53.7 Å². The third-order valence-electron chi connectivity index (χ3n) is 4.91. The van der Waals surface area contributed by atoms with E-state index >= 15 is 0 Å². The molecule has 0 saturated carbocycles. The van der Waals surface area contributed by atoms with E-state index in [1.165, 1.54) is 11.8 Å². The van der Waals surface area contributed by atoms with Crippen LogP contribution in [0.25, 0.3) is 5.69 Å². The molecule has 4 aromatic rings. The standard InChI is InChI=1S/C25H22ClN3O3S/c1-17(32-23-11-7-6-10-22(23)31-2)24-27-28-25(29(24)20-8-4-3-5-9-20)33-16-21(30)18-12-14-19(26)15-13-18/h3-15,17H,16H2,1-2H3. The van der Waals surface area contributed by atoms with Gasteiger partial charge in [-0.05, 0) is 55.5 Å². The van der Waals surface area contributed by atoms with E-state index in [-0.39, 0.29) is 11.5 Å². The highest BCUT2D eigenvalue weighted by atomic mass is 35.5. The first-order chi connectivity index (χ1) is 16.1. The topological polar surface area (TPSA) is 66.2 Å². The van der Waals surface area contributed by atoms with Crippen molar-refractivity contribution in [2.45, 2.75) is 18.2 Å². The molecule has 0 aliphatic carbocycles. The fourth-order valence-corrected chi connectivity index (χ4v) is 4.25. The number of hydrogen-bond acceptors (Lipinski definition) is 6. The minimum absolute atomic E-state index is 0.0147. The van der Waals surface area contributed by atoms with Gasteiger partial charge in [0, 0.05) is 16.3 Å². The molecule has 1 aromatic heterocycles. The highest BCUT2D eigenvalue weighted by Gasteiger charge is 2.22. The van der Waals surface area contributed by atoms with E-state index in [1.54, 1.807) is 31.4 Å². The van der Waals surface area contributed by atoms with Crippen molar-refractivity contribution >= 4 is 29.1 Å². The number of benzene rings is 3. The van der Waals surface area contributed by atoms with Crippen LogP contribution in [0.15, 0.2) is 84.0 Å². The smallest absolute Gasteiger partial charge is 0.196 e. The van der Waals surface area contributed by atoms with E-state index < -0.39 is 6.10 Å². The molecular weight excluding hydrogens is 458 g/mol. The van der Waals surface area contributed by atoms with Gasteiger partial charge in [0.15, 0.2) is 34.4 Å². The van der Waals surface area contributed by atoms with Crippen LogP contribution in [0.3, 0.4) is 0 Å². The van der Waals surface area contributed by atoms with Gasteiger partial charge in [0.05, 0.1) is 12.9 Å². The first kappa shape index (κ1) is 22.9. The molecule has 0 fully saturated rings. The van der Waals surface area contributed by atoms with Crippen LogP contribution in [0, 0.1) is 0 Å². The number of halogens is 1. The summed E-state index contributed by atoms with van der Waals surface area (Å²) in [5, 5.41) is 9.97. The predicted molar refractivity (Wildman–Crippen MR) is 130 cm³/mol. The van der Waals surface area contributed by atoms with Crippen molar-refractivity contribution in [1.29, 1.82) is 0 Å². The Balaban J connectivity index is 1.60. The van der Waals surface area contributed by atoms with E-state index in [0.717, 1.165) is 5.69 Å². The Bertz CT molecular complexity index is 1230. The molecule has 8 heteroatoms. The van der Waals surface area contributed by atoms with Crippen molar-refractivity contribution < 1.29 is 14.3 Å². The molecule has 0 N–H and O–H groups in total. The zero-order valence-corrected chi connectivity index (χ0v) is 19.7. The summed E-state index contributed by atoms with van der Waals surface area (Å²) in [6.07, 6.45) is -0.421. The molecule has 0 aliphatic heterocycles. The van der Waals surface area contributed by atoms with Crippen LogP contribution in [0.1, 0.15) is 29.2 Å². The summed E-state index contributed by atoms with van der Waals surface area (Å²) in [7, 11) is 1.60.